The van der Waals surface area contributed by atoms with Crippen molar-refractivity contribution in [1.29, 1.82) is 0 Å². The number of nitrogens with zero attached hydrogens (tertiary/aromatic N) is 5. The van der Waals surface area contributed by atoms with Crippen molar-refractivity contribution in [1.82, 2.24) is 24.2 Å². The molecule has 3 heterocycles. The first-order valence-electron chi connectivity index (χ1n) is 11.0. The Morgan fingerprint density at radius 3 is 2.59 bits per heavy atom. The number of hydrogen-bond donors (Lipinski definition) is 0. The lowest BCUT2D eigenvalue weighted by atomic mass is 9.87. The van der Waals surface area contributed by atoms with Crippen LogP contribution in [0.15, 0.2) is 49.1 Å². The van der Waals surface area contributed by atoms with Crippen LogP contribution in [0.3, 0.4) is 0 Å². The largest absolute Gasteiger partial charge is 0.347 e. The molecule has 3 aromatic heterocycles. The van der Waals surface area contributed by atoms with Crippen LogP contribution in [0, 0.1) is 6.92 Å². The van der Waals surface area contributed by atoms with Gasteiger partial charge in [0.25, 0.3) is 0 Å². The molecule has 0 unspecified atom stereocenters. The predicted molar refractivity (Wildman–Crippen MR) is 129 cm³/mol. The molecule has 6 nitrogen and oxygen atoms in total. The highest BCUT2D eigenvalue weighted by molar-refractivity contribution is 5.85. The number of aromatic nitrogens is 4. The number of amides is 1. The Labute approximate surface area is 189 Å². The number of aryl methyl sites for hydroxylation is 2. The topological polar surface area (TPSA) is 56.0 Å². The van der Waals surface area contributed by atoms with Crippen LogP contribution in [0.25, 0.3) is 22.0 Å². The molecule has 1 amide bonds. The quantitative estimate of drug-likeness (QED) is 0.452. The van der Waals surface area contributed by atoms with Gasteiger partial charge < -0.3 is 9.47 Å². The van der Waals surface area contributed by atoms with Gasteiger partial charge in [0, 0.05) is 57.1 Å². The van der Waals surface area contributed by atoms with E-state index in [1.807, 2.05) is 41.0 Å². The second kappa shape index (κ2) is 8.61. The number of benzene rings is 1. The molecule has 0 spiro atoms. The van der Waals surface area contributed by atoms with Crippen molar-refractivity contribution >= 4 is 16.8 Å². The van der Waals surface area contributed by atoms with E-state index in [1.54, 1.807) is 19.0 Å². The summed E-state index contributed by atoms with van der Waals surface area (Å²) in [7, 11) is 5.51. The summed E-state index contributed by atoms with van der Waals surface area (Å²) in [5.41, 5.74) is 8.33. The Morgan fingerprint density at radius 2 is 1.94 bits per heavy atom. The molecule has 0 aliphatic heterocycles. The van der Waals surface area contributed by atoms with Crippen LogP contribution in [-0.2, 0) is 24.8 Å². The van der Waals surface area contributed by atoms with E-state index in [0.717, 1.165) is 28.6 Å². The lowest BCUT2D eigenvalue weighted by Crippen LogP contribution is -2.25. The zero-order valence-corrected chi connectivity index (χ0v) is 19.8. The molecule has 32 heavy (non-hydrogen) atoms. The number of fused-ring (bicyclic) bond motifs is 1. The zero-order valence-electron chi connectivity index (χ0n) is 19.8. The summed E-state index contributed by atoms with van der Waals surface area (Å²) >= 11 is 0. The SMILES string of the molecule is Cc1cc(-c2cnn(C)c2)cc(C(C)C)c1Cc1nccc2c1ccn2CC(=O)N(C)C. The van der Waals surface area contributed by atoms with Gasteiger partial charge in [-0.1, -0.05) is 26.0 Å². The third kappa shape index (κ3) is 4.17. The summed E-state index contributed by atoms with van der Waals surface area (Å²) < 4.78 is 3.84. The minimum absolute atomic E-state index is 0.0739. The van der Waals surface area contributed by atoms with E-state index in [1.165, 1.54) is 22.3 Å². The van der Waals surface area contributed by atoms with E-state index >= 15 is 0 Å². The highest BCUT2D eigenvalue weighted by Gasteiger charge is 2.17. The fourth-order valence-electron chi connectivity index (χ4n) is 4.25. The smallest absolute Gasteiger partial charge is 0.241 e. The lowest BCUT2D eigenvalue weighted by Gasteiger charge is -2.18. The third-order valence-corrected chi connectivity index (χ3v) is 6.10. The maximum atomic E-state index is 12.2. The Bertz CT molecular complexity index is 1280. The third-order valence-electron chi connectivity index (χ3n) is 6.10. The Kier molecular flexibility index (Phi) is 5.87. The van der Waals surface area contributed by atoms with Gasteiger partial charge in [0.2, 0.25) is 5.91 Å². The van der Waals surface area contributed by atoms with Crippen LogP contribution < -0.4 is 0 Å². The number of hydrogen-bond acceptors (Lipinski definition) is 3. The molecule has 0 N–H and O–H groups in total. The maximum absolute atomic E-state index is 12.2. The molecule has 0 bridgehead atoms. The molecule has 166 valence electrons. The summed E-state index contributed by atoms with van der Waals surface area (Å²) in [5.74, 6) is 0.464. The first kappa shape index (κ1) is 21.8. The molecule has 4 rings (SSSR count). The molecule has 0 saturated heterocycles. The van der Waals surface area contributed by atoms with Gasteiger partial charge in [0.05, 0.1) is 17.4 Å². The molecule has 0 saturated carbocycles. The summed E-state index contributed by atoms with van der Waals surface area (Å²) in [6.07, 6.45) is 8.56. The van der Waals surface area contributed by atoms with E-state index in [4.69, 9.17) is 4.98 Å². The molecule has 0 atom stereocenters. The van der Waals surface area contributed by atoms with Crippen molar-refractivity contribution in [3.8, 4) is 11.1 Å². The van der Waals surface area contributed by atoms with Crippen LogP contribution in [0.2, 0.25) is 0 Å². The van der Waals surface area contributed by atoms with E-state index in [9.17, 15) is 4.79 Å². The Morgan fingerprint density at radius 1 is 1.16 bits per heavy atom. The minimum atomic E-state index is 0.0739. The fourth-order valence-corrected chi connectivity index (χ4v) is 4.25. The van der Waals surface area contributed by atoms with E-state index in [0.29, 0.717) is 12.5 Å². The Balaban J connectivity index is 1.74. The van der Waals surface area contributed by atoms with Gasteiger partial charge in [-0.25, -0.2) is 0 Å². The highest BCUT2D eigenvalue weighted by Crippen LogP contribution is 2.32. The average Bonchev–Trinajstić information content (AvgIpc) is 3.36. The number of carbonyl (C=O) groups excluding carboxylic acids is 1. The van der Waals surface area contributed by atoms with Gasteiger partial charge >= 0.3 is 0 Å². The summed E-state index contributed by atoms with van der Waals surface area (Å²) in [4.78, 5) is 18.6. The predicted octanol–water partition coefficient (Wildman–Crippen LogP) is 4.55. The van der Waals surface area contributed by atoms with Gasteiger partial charge in [0.1, 0.15) is 6.54 Å². The van der Waals surface area contributed by atoms with E-state index < -0.39 is 0 Å². The van der Waals surface area contributed by atoms with Crippen LogP contribution >= 0.6 is 0 Å². The minimum Gasteiger partial charge on any atom is -0.347 e. The molecule has 1 aromatic carbocycles. The standard InChI is InChI=1S/C26H31N5O/c1-17(2)22-12-19(20-14-28-30(6)15-20)11-18(3)23(22)13-24-21-8-10-31(16-26(32)29(4)5)25(21)7-9-27-24/h7-12,14-15,17H,13,16H2,1-6H3. The first-order chi connectivity index (χ1) is 15.2. The van der Waals surface area contributed by atoms with Crippen molar-refractivity contribution in [3.05, 3.63) is 71.4 Å². The van der Waals surface area contributed by atoms with Gasteiger partial charge in [0.15, 0.2) is 0 Å². The molecule has 0 aliphatic carbocycles. The maximum Gasteiger partial charge on any atom is 0.241 e. The van der Waals surface area contributed by atoms with Gasteiger partial charge in [-0.2, -0.15) is 5.10 Å². The molecular formula is C26H31N5O. The highest BCUT2D eigenvalue weighted by atomic mass is 16.2. The average molecular weight is 430 g/mol. The van der Waals surface area contributed by atoms with Crippen molar-refractivity contribution in [2.24, 2.45) is 7.05 Å². The van der Waals surface area contributed by atoms with Crippen molar-refractivity contribution in [2.75, 3.05) is 14.1 Å². The second-order valence-corrected chi connectivity index (χ2v) is 9.02. The van der Waals surface area contributed by atoms with Crippen molar-refractivity contribution in [2.45, 2.75) is 39.7 Å². The summed E-state index contributed by atoms with van der Waals surface area (Å²) in [6.45, 7) is 6.99. The summed E-state index contributed by atoms with van der Waals surface area (Å²) in [6, 6.07) is 8.61. The first-order valence-corrected chi connectivity index (χ1v) is 11.0. The summed E-state index contributed by atoms with van der Waals surface area (Å²) in [5, 5.41) is 5.43. The van der Waals surface area contributed by atoms with E-state index in [-0.39, 0.29) is 5.91 Å². The molecule has 0 radical (unpaired) electrons. The van der Waals surface area contributed by atoms with Crippen molar-refractivity contribution in [3.63, 3.8) is 0 Å². The van der Waals surface area contributed by atoms with Crippen LogP contribution in [0.1, 0.15) is 42.1 Å². The molecule has 6 heteroatoms. The molecule has 0 aliphatic rings. The Hall–Kier alpha value is -3.41. The second-order valence-electron chi connectivity index (χ2n) is 9.02. The van der Waals surface area contributed by atoms with Gasteiger partial charge in [-0.15, -0.1) is 0 Å². The molecular weight excluding hydrogens is 398 g/mol. The van der Waals surface area contributed by atoms with Gasteiger partial charge in [-0.05, 0) is 47.2 Å². The zero-order chi connectivity index (χ0) is 23.0. The van der Waals surface area contributed by atoms with E-state index in [2.05, 4.69) is 50.3 Å². The van der Waals surface area contributed by atoms with Gasteiger partial charge in [-0.3, -0.25) is 14.5 Å². The number of carbonyl (C=O) groups is 1. The lowest BCUT2D eigenvalue weighted by molar-refractivity contribution is -0.129. The number of pyridine rings is 1. The monoisotopic (exact) mass is 429 g/mol. The van der Waals surface area contributed by atoms with Crippen LogP contribution in [0.5, 0.6) is 0 Å². The number of rotatable bonds is 6. The molecule has 0 fully saturated rings. The van der Waals surface area contributed by atoms with Crippen LogP contribution in [0.4, 0.5) is 0 Å². The van der Waals surface area contributed by atoms with Crippen LogP contribution in [-0.4, -0.2) is 44.2 Å². The normalized spacial score (nSPS) is 11.5. The number of likely N-dealkylation sites (N-methyl/N-ethyl adjacent to an activating group) is 1. The van der Waals surface area contributed by atoms with Crippen molar-refractivity contribution < 1.29 is 4.79 Å². The molecule has 4 aromatic rings. The fraction of sp³-hybridized carbons (Fsp3) is 0.346.